The summed E-state index contributed by atoms with van der Waals surface area (Å²) in [6, 6.07) is 0. The van der Waals surface area contributed by atoms with Crippen molar-refractivity contribution < 1.29 is 9.90 Å². The molecule has 21 heavy (non-hydrogen) atoms. The molecule has 2 aromatic heterocycles. The highest BCUT2D eigenvalue weighted by Gasteiger charge is 2.28. The van der Waals surface area contributed by atoms with Gasteiger partial charge in [0.25, 0.3) is 5.56 Å². The number of hydrogen-bond donors (Lipinski definition) is 1. The summed E-state index contributed by atoms with van der Waals surface area (Å²) < 4.78 is 1.50. The molecular weight excluding hydrogens is 290 g/mol. The number of aromatic nitrogens is 2. The van der Waals surface area contributed by atoms with Crippen LogP contribution in [-0.2, 0) is 11.3 Å². The average Bonchev–Trinajstić information content (AvgIpc) is 2.70. The molecule has 1 N–H and O–H groups in total. The summed E-state index contributed by atoms with van der Waals surface area (Å²) in [6.07, 6.45) is 1.37. The predicted molar refractivity (Wildman–Crippen MR) is 80.6 cm³/mol. The number of nitrogens with zero attached hydrogens (tertiary/aromatic N) is 3. The van der Waals surface area contributed by atoms with Crippen LogP contribution in [0.3, 0.4) is 0 Å². The van der Waals surface area contributed by atoms with E-state index in [0.29, 0.717) is 25.0 Å². The lowest BCUT2D eigenvalue weighted by Gasteiger charge is -2.35. The first-order valence-corrected chi connectivity index (χ1v) is 7.70. The lowest BCUT2D eigenvalue weighted by atomic mass is 10.1. The number of aliphatic hydroxyl groups excluding tert-OH is 1. The molecule has 7 heteroatoms. The van der Waals surface area contributed by atoms with E-state index in [0.717, 1.165) is 15.3 Å². The van der Waals surface area contributed by atoms with E-state index < -0.39 is 6.10 Å². The SMILES string of the molecule is Cc1sc2ncn(CCC(=O)N3CC(O)C3)c(=O)c2c1C. The minimum atomic E-state index is -0.397. The summed E-state index contributed by atoms with van der Waals surface area (Å²) in [6.45, 7) is 5.02. The Balaban J connectivity index is 1.78. The molecule has 0 unspecified atom stereocenters. The maximum atomic E-state index is 12.4. The third-order valence-electron chi connectivity index (χ3n) is 3.94. The summed E-state index contributed by atoms with van der Waals surface area (Å²) in [4.78, 5) is 32.1. The number of likely N-dealkylation sites (tertiary alicyclic amines) is 1. The van der Waals surface area contributed by atoms with E-state index in [4.69, 9.17) is 0 Å². The van der Waals surface area contributed by atoms with Gasteiger partial charge in [0.15, 0.2) is 0 Å². The summed E-state index contributed by atoms with van der Waals surface area (Å²) >= 11 is 1.52. The summed E-state index contributed by atoms with van der Waals surface area (Å²) in [5.74, 6) is -0.0366. The van der Waals surface area contributed by atoms with Crippen molar-refractivity contribution in [1.29, 1.82) is 0 Å². The summed E-state index contributed by atoms with van der Waals surface area (Å²) in [5.41, 5.74) is 0.886. The van der Waals surface area contributed by atoms with Gasteiger partial charge in [0.2, 0.25) is 5.91 Å². The molecule has 0 aromatic carbocycles. The highest BCUT2D eigenvalue weighted by atomic mass is 32.1. The second-order valence-corrected chi connectivity index (χ2v) is 6.61. The van der Waals surface area contributed by atoms with E-state index in [-0.39, 0.29) is 17.9 Å². The van der Waals surface area contributed by atoms with Gasteiger partial charge in [-0.3, -0.25) is 14.2 Å². The number of thiophene rings is 1. The van der Waals surface area contributed by atoms with Crippen LogP contribution in [0.25, 0.3) is 10.2 Å². The summed E-state index contributed by atoms with van der Waals surface area (Å²) in [5, 5.41) is 9.85. The Morgan fingerprint density at radius 1 is 1.48 bits per heavy atom. The number of aliphatic hydroxyl groups is 1. The van der Waals surface area contributed by atoms with Gasteiger partial charge in [-0.15, -0.1) is 11.3 Å². The highest BCUT2D eigenvalue weighted by Crippen LogP contribution is 2.25. The van der Waals surface area contributed by atoms with Crippen LogP contribution in [0.5, 0.6) is 0 Å². The molecular formula is C14H17N3O3S. The Labute approximate surface area is 125 Å². The van der Waals surface area contributed by atoms with Crippen LogP contribution in [0, 0.1) is 13.8 Å². The average molecular weight is 307 g/mol. The first-order chi connectivity index (χ1) is 9.97. The van der Waals surface area contributed by atoms with Crippen molar-refractivity contribution in [2.24, 2.45) is 0 Å². The Kier molecular flexibility index (Phi) is 3.54. The van der Waals surface area contributed by atoms with E-state index in [1.165, 1.54) is 22.2 Å². The number of carbonyl (C=O) groups is 1. The fourth-order valence-electron chi connectivity index (χ4n) is 2.46. The molecule has 112 valence electrons. The number of rotatable bonds is 3. The number of amides is 1. The standard InChI is InChI=1S/C14H17N3O3S/c1-8-9(2)21-13-12(8)14(20)16(7-15-13)4-3-11(19)17-5-10(18)6-17/h7,10,18H,3-6H2,1-2H3. The zero-order valence-electron chi connectivity index (χ0n) is 12.0. The molecule has 1 aliphatic heterocycles. The number of aryl methyl sites for hydroxylation is 3. The van der Waals surface area contributed by atoms with Crippen molar-refractivity contribution in [3.05, 3.63) is 27.1 Å². The molecule has 0 radical (unpaired) electrons. The van der Waals surface area contributed by atoms with Crippen LogP contribution < -0.4 is 5.56 Å². The molecule has 3 rings (SSSR count). The van der Waals surface area contributed by atoms with Crippen LogP contribution in [0.15, 0.2) is 11.1 Å². The molecule has 2 aromatic rings. The quantitative estimate of drug-likeness (QED) is 0.904. The number of hydrogen-bond acceptors (Lipinski definition) is 5. The van der Waals surface area contributed by atoms with Gasteiger partial charge in [-0.1, -0.05) is 0 Å². The van der Waals surface area contributed by atoms with E-state index >= 15 is 0 Å². The van der Waals surface area contributed by atoms with Gasteiger partial charge in [0.1, 0.15) is 4.83 Å². The molecule has 0 saturated carbocycles. The fraction of sp³-hybridized carbons (Fsp3) is 0.500. The minimum absolute atomic E-state index is 0.0366. The van der Waals surface area contributed by atoms with Crippen molar-refractivity contribution >= 4 is 27.5 Å². The third-order valence-corrected chi connectivity index (χ3v) is 5.05. The van der Waals surface area contributed by atoms with Crippen molar-refractivity contribution in [3.8, 4) is 0 Å². The van der Waals surface area contributed by atoms with Gasteiger partial charge in [-0.05, 0) is 19.4 Å². The molecule has 1 aliphatic rings. The minimum Gasteiger partial charge on any atom is -0.389 e. The van der Waals surface area contributed by atoms with E-state index in [9.17, 15) is 14.7 Å². The van der Waals surface area contributed by atoms with Gasteiger partial charge < -0.3 is 10.0 Å². The normalized spacial score (nSPS) is 15.5. The molecule has 0 atom stereocenters. The van der Waals surface area contributed by atoms with Crippen LogP contribution in [0.1, 0.15) is 16.9 Å². The number of fused-ring (bicyclic) bond motifs is 1. The predicted octanol–water partition coefficient (Wildman–Crippen LogP) is 0.668. The van der Waals surface area contributed by atoms with E-state index in [2.05, 4.69) is 4.98 Å². The topological polar surface area (TPSA) is 75.4 Å². The van der Waals surface area contributed by atoms with Crippen molar-refractivity contribution in [3.63, 3.8) is 0 Å². The third kappa shape index (κ3) is 2.47. The first kappa shape index (κ1) is 14.2. The Bertz CT molecular complexity index is 759. The highest BCUT2D eigenvalue weighted by molar-refractivity contribution is 7.18. The number of carbonyl (C=O) groups excluding carboxylic acids is 1. The maximum Gasteiger partial charge on any atom is 0.262 e. The van der Waals surface area contributed by atoms with Crippen LogP contribution in [-0.4, -0.2) is 44.7 Å². The Morgan fingerprint density at radius 3 is 2.86 bits per heavy atom. The van der Waals surface area contributed by atoms with Gasteiger partial charge >= 0.3 is 0 Å². The van der Waals surface area contributed by atoms with E-state index in [1.807, 2.05) is 13.8 Å². The lowest BCUT2D eigenvalue weighted by Crippen LogP contribution is -2.53. The molecule has 3 heterocycles. The molecule has 6 nitrogen and oxygen atoms in total. The molecule has 0 spiro atoms. The van der Waals surface area contributed by atoms with E-state index in [1.54, 1.807) is 4.90 Å². The Hall–Kier alpha value is -1.73. The van der Waals surface area contributed by atoms with Gasteiger partial charge in [-0.2, -0.15) is 0 Å². The second kappa shape index (κ2) is 5.23. The lowest BCUT2D eigenvalue weighted by molar-refractivity contribution is -0.141. The molecule has 0 bridgehead atoms. The van der Waals surface area contributed by atoms with Crippen LogP contribution in [0.2, 0.25) is 0 Å². The largest absolute Gasteiger partial charge is 0.389 e. The number of β-amino-alcohol motifs (C(OH)–C–C–N with tert-alkyl or cyclic N) is 1. The molecule has 1 fully saturated rings. The van der Waals surface area contributed by atoms with Gasteiger partial charge in [0.05, 0.1) is 17.8 Å². The monoisotopic (exact) mass is 307 g/mol. The van der Waals surface area contributed by atoms with Gasteiger partial charge in [0, 0.05) is 30.9 Å². The smallest absolute Gasteiger partial charge is 0.262 e. The zero-order chi connectivity index (χ0) is 15.1. The molecule has 1 saturated heterocycles. The maximum absolute atomic E-state index is 12.4. The zero-order valence-corrected chi connectivity index (χ0v) is 12.8. The molecule has 1 amide bonds. The van der Waals surface area contributed by atoms with Gasteiger partial charge in [-0.25, -0.2) is 4.98 Å². The van der Waals surface area contributed by atoms with Crippen molar-refractivity contribution in [2.75, 3.05) is 13.1 Å². The van der Waals surface area contributed by atoms with Crippen LogP contribution >= 0.6 is 11.3 Å². The molecule has 0 aliphatic carbocycles. The first-order valence-electron chi connectivity index (χ1n) is 6.88. The summed E-state index contributed by atoms with van der Waals surface area (Å²) in [7, 11) is 0. The second-order valence-electron chi connectivity index (χ2n) is 5.41. The fourth-order valence-corrected chi connectivity index (χ4v) is 3.45. The van der Waals surface area contributed by atoms with Crippen LogP contribution in [0.4, 0.5) is 0 Å². The Morgan fingerprint density at radius 2 is 2.19 bits per heavy atom. The van der Waals surface area contributed by atoms with Crippen molar-refractivity contribution in [2.45, 2.75) is 32.9 Å². The van der Waals surface area contributed by atoms with Crippen molar-refractivity contribution in [1.82, 2.24) is 14.5 Å².